The maximum Gasteiger partial charge on any atom is 0.328 e. The van der Waals surface area contributed by atoms with Crippen LogP contribution in [0.2, 0.25) is 0 Å². The van der Waals surface area contributed by atoms with Crippen LogP contribution in [0.1, 0.15) is 24.2 Å². The van der Waals surface area contributed by atoms with E-state index in [2.05, 4.69) is 5.32 Å². The molecule has 7 heteroatoms. The van der Waals surface area contributed by atoms with E-state index in [1.807, 2.05) is 0 Å². The molecule has 1 N–H and O–H groups in total. The van der Waals surface area contributed by atoms with Gasteiger partial charge >= 0.3 is 5.97 Å². The summed E-state index contributed by atoms with van der Waals surface area (Å²) < 4.78 is 29.1. The van der Waals surface area contributed by atoms with Crippen LogP contribution in [0.4, 0.5) is 8.78 Å². The monoisotopic (exact) mass is 303 g/mol. The second-order valence-electron chi connectivity index (χ2n) is 3.85. The first kappa shape index (κ1) is 16.4. The molecule has 0 heterocycles. The van der Waals surface area contributed by atoms with E-state index in [-0.39, 0.29) is 6.61 Å². The molecule has 1 rings (SSSR count). The second kappa shape index (κ2) is 7.84. The van der Waals surface area contributed by atoms with Crippen molar-refractivity contribution in [1.29, 1.82) is 0 Å². The molecule has 1 atom stereocenters. The van der Waals surface area contributed by atoms with Gasteiger partial charge in [-0.1, -0.05) is 11.8 Å². The zero-order valence-electron chi connectivity index (χ0n) is 11.1. The van der Waals surface area contributed by atoms with Crippen molar-refractivity contribution < 1.29 is 23.1 Å². The molecular weight excluding hydrogens is 288 g/mol. The predicted molar refractivity (Wildman–Crippen MR) is 71.9 cm³/mol. The number of rotatable bonds is 6. The van der Waals surface area contributed by atoms with Crippen LogP contribution < -0.4 is 5.32 Å². The molecule has 0 fully saturated rings. The molecule has 0 aromatic heterocycles. The van der Waals surface area contributed by atoms with Crippen molar-refractivity contribution in [2.75, 3.05) is 6.61 Å². The van der Waals surface area contributed by atoms with E-state index in [4.69, 9.17) is 4.74 Å². The van der Waals surface area contributed by atoms with Gasteiger partial charge in [-0.05, 0) is 38.1 Å². The Morgan fingerprint density at radius 2 is 1.90 bits per heavy atom. The van der Waals surface area contributed by atoms with Crippen molar-refractivity contribution in [3.05, 3.63) is 29.8 Å². The van der Waals surface area contributed by atoms with E-state index in [9.17, 15) is 18.4 Å². The van der Waals surface area contributed by atoms with Crippen LogP contribution in [0.15, 0.2) is 29.2 Å². The molecule has 1 aromatic rings. The van der Waals surface area contributed by atoms with Gasteiger partial charge in [-0.2, -0.15) is 8.78 Å². The highest BCUT2D eigenvalue weighted by Crippen LogP contribution is 2.25. The Kier molecular flexibility index (Phi) is 6.44. The zero-order valence-corrected chi connectivity index (χ0v) is 11.9. The fourth-order valence-electron chi connectivity index (χ4n) is 1.39. The summed E-state index contributed by atoms with van der Waals surface area (Å²) in [7, 11) is 0. The first-order valence-electron chi connectivity index (χ1n) is 5.96. The van der Waals surface area contributed by atoms with E-state index < -0.39 is 23.7 Å². The summed E-state index contributed by atoms with van der Waals surface area (Å²) in [6, 6.07) is 4.95. The minimum atomic E-state index is -2.50. The van der Waals surface area contributed by atoms with E-state index >= 15 is 0 Å². The minimum absolute atomic E-state index is 0.235. The van der Waals surface area contributed by atoms with Crippen molar-refractivity contribution in [2.24, 2.45) is 0 Å². The molecule has 20 heavy (non-hydrogen) atoms. The molecule has 0 bridgehead atoms. The SMILES string of the molecule is CCOC(=O)C(C)NC(=O)c1ccc(SC(F)F)cc1. The van der Waals surface area contributed by atoms with Crippen molar-refractivity contribution in [1.82, 2.24) is 5.32 Å². The number of carbonyl (C=O) groups is 2. The average molecular weight is 303 g/mol. The zero-order chi connectivity index (χ0) is 15.1. The highest BCUT2D eigenvalue weighted by atomic mass is 32.2. The van der Waals surface area contributed by atoms with Crippen LogP contribution in [0.25, 0.3) is 0 Å². The molecule has 110 valence electrons. The summed E-state index contributed by atoms with van der Waals surface area (Å²) in [4.78, 5) is 23.6. The number of amides is 1. The third-order valence-electron chi connectivity index (χ3n) is 2.33. The van der Waals surface area contributed by atoms with E-state index in [1.54, 1.807) is 6.92 Å². The average Bonchev–Trinajstić information content (AvgIpc) is 2.39. The summed E-state index contributed by atoms with van der Waals surface area (Å²) in [5, 5.41) is 2.47. The number of hydrogen-bond acceptors (Lipinski definition) is 4. The predicted octanol–water partition coefficient (Wildman–Crippen LogP) is 2.68. The van der Waals surface area contributed by atoms with Gasteiger partial charge in [0.2, 0.25) is 0 Å². The van der Waals surface area contributed by atoms with Crippen molar-refractivity contribution in [3.63, 3.8) is 0 Å². The molecule has 0 aliphatic carbocycles. The van der Waals surface area contributed by atoms with Gasteiger partial charge in [0.25, 0.3) is 11.7 Å². The van der Waals surface area contributed by atoms with Crippen LogP contribution >= 0.6 is 11.8 Å². The van der Waals surface area contributed by atoms with Crippen molar-refractivity contribution in [2.45, 2.75) is 30.5 Å². The third kappa shape index (κ3) is 5.16. The van der Waals surface area contributed by atoms with Crippen LogP contribution in [-0.2, 0) is 9.53 Å². The molecule has 0 radical (unpaired) electrons. The lowest BCUT2D eigenvalue weighted by atomic mass is 10.2. The van der Waals surface area contributed by atoms with E-state index in [0.29, 0.717) is 22.2 Å². The topological polar surface area (TPSA) is 55.4 Å². The lowest BCUT2D eigenvalue weighted by Crippen LogP contribution is -2.39. The summed E-state index contributed by atoms with van der Waals surface area (Å²) >= 11 is 0.405. The van der Waals surface area contributed by atoms with E-state index in [1.165, 1.54) is 31.2 Å². The number of hydrogen-bond donors (Lipinski definition) is 1. The molecule has 0 aliphatic rings. The third-order valence-corrected chi connectivity index (χ3v) is 3.05. The summed E-state index contributed by atoms with van der Waals surface area (Å²) in [5.74, 6) is -3.48. The molecule has 0 spiro atoms. The highest BCUT2D eigenvalue weighted by Gasteiger charge is 2.17. The van der Waals surface area contributed by atoms with Gasteiger partial charge in [0.15, 0.2) is 0 Å². The molecule has 0 saturated heterocycles. The Morgan fingerprint density at radius 3 is 2.40 bits per heavy atom. The van der Waals surface area contributed by atoms with Crippen molar-refractivity contribution >= 4 is 23.6 Å². The van der Waals surface area contributed by atoms with Crippen LogP contribution in [-0.4, -0.2) is 30.3 Å². The maximum absolute atomic E-state index is 12.1. The standard InChI is InChI=1S/C13H15F2NO3S/c1-3-19-12(18)8(2)16-11(17)9-4-6-10(7-5-9)20-13(14)15/h4-8,13H,3H2,1-2H3,(H,16,17). The molecule has 4 nitrogen and oxygen atoms in total. The first-order valence-corrected chi connectivity index (χ1v) is 6.84. The largest absolute Gasteiger partial charge is 0.464 e. The maximum atomic E-state index is 12.1. The highest BCUT2D eigenvalue weighted by molar-refractivity contribution is 7.99. The number of halogens is 2. The molecule has 1 aromatic carbocycles. The fraction of sp³-hybridized carbons (Fsp3) is 0.385. The molecule has 0 saturated carbocycles. The summed E-state index contributed by atoms with van der Waals surface area (Å²) in [6.45, 7) is 3.42. The Balaban J connectivity index is 2.61. The molecule has 1 amide bonds. The lowest BCUT2D eigenvalue weighted by molar-refractivity contribution is -0.144. The number of ether oxygens (including phenoxy) is 1. The summed E-state index contributed by atoms with van der Waals surface area (Å²) in [5.41, 5.74) is 0.291. The van der Waals surface area contributed by atoms with Crippen LogP contribution in [0.5, 0.6) is 0 Å². The number of alkyl halides is 2. The Labute approximate surface area is 119 Å². The van der Waals surface area contributed by atoms with Gasteiger partial charge in [-0.3, -0.25) is 4.79 Å². The molecular formula is C13H15F2NO3S. The van der Waals surface area contributed by atoms with Crippen LogP contribution in [0.3, 0.4) is 0 Å². The smallest absolute Gasteiger partial charge is 0.328 e. The minimum Gasteiger partial charge on any atom is -0.464 e. The quantitative estimate of drug-likeness (QED) is 0.648. The second-order valence-corrected chi connectivity index (χ2v) is 4.91. The number of benzene rings is 1. The van der Waals surface area contributed by atoms with E-state index in [0.717, 1.165) is 0 Å². The van der Waals surface area contributed by atoms with Crippen molar-refractivity contribution in [3.8, 4) is 0 Å². The number of nitrogens with one attached hydrogen (secondary N) is 1. The number of esters is 1. The normalized spacial score (nSPS) is 12.1. The summed E-state index contributed by atoms with van der Waals surface area (Å²) in [6.07, 6.45) is 0. The van der Waals surface area contributed by atoms with Gasteiger partial charge < -0.3 is 10.1 Å². The Bertz CT molecular complexity index is 465. The fourth-order valence-corrected chi connectivity index (χ4v) is 1.89. The Morgan fingerprint density at radius 1 is 1.30 bits per heavy atom. The van der Waals surface area contributed by atoms with Gasteiger partial charge in [0.05, 0.1) is 6.61 Å². The van der Waals surface area contributed by atoms with Gasteiger partial charge in [0, 0.05) is 10.5 Å². The molecule has 0 aliphatic heterocycles. The first-order chi connectivity index (χ1) is 9.43. The lowest BCUT2D eigenvalue weighted by Gasteiger charge is -2.12. The Hall–Kier alpha value is -1.63. The van der Waals surface area contributed by atoms with Crippen LogP contribution in [0, 0.1) is 0 Å². The number of carbonyl (C=O) groups excluding carboxylic acids is 2. The van der Waals surface area contributed by atoms with Gasteiger partial charge in [0.1, 0.15) is 6.04 Å². The molecule has 1 unspecified atom stereocenters. The van der Waals surface area contributed by atoms with Gasteiger partial charge in [-0.25, -0.2) is 4.79 Å². The van der Waals surface area contributed by atoms with Gasteiger partial charge in [-0.15, -0.1) is 0 Å². The number of thioether (sulfide) groups is 1.